The Morgan fingerprint density at radius 2 is 1.44 bits per heavy atom. The third-order valence-electron chi connectivity index (χ3n) is 3.21. The van der Waals surface area contributed by atoms with Crippen LogP contribution in [0.5, 0.6) is 0 Å². The molecule has 1 aromatic rings. The largest absolute Gasteiger partial charge is 0.500 e. The van der Waals surface area contributed by atoms with Crippen LogP contribution in [0.4, 0.5) is 11.9 Å². The Morgan fingerprint density at radius 3 is 1.96 bits per heavy atom. The van der Waals surface area contributed by atoms with E-state index in [-0.39, 0.29) is 0 Å². The maximum absolute atomic E-state index is 5.85. The van der Waals surface area contributed by atoms with Crippen LogP contribution < -0.4 is 16.0 Å². The summed E-state index contributed by atoms with van der Waals surface area (Å²) in [5.74, 6) is 1.77. The number of rotatable bonds is 14. The highest BCUT2D eigenvalue weighted by molar-refractivity contribution is 6.60. The van der Waals surface area contributed by atoms with Gasteiger partial charge in [-0.25, -0.2) is 0 Å². The predicted octanol–water partition coefficient (Wildman–Crippen LogP) is 1.62. The van der Waals surface area contributed by atoms with Gasteiger partial charge < -0.3 is 29.2 Å². The molecule has 0 aliphatic heterocycles. The van der Waals surface area contributed by atoms with Crippen molar-refractivity contribution < 1.29 is 13.3 Å². The zero-order valence-electron chi connectivity index (χ0n) is 16.0. The highest BCUT2D eigenvalue weighted by atomic mass is 28.4. The third kappa shape index (κ3) is 8.06. The number of hydrogen-bond donors (Lipinski definition) is 3. The van der Waals surface area contributed by atoms with Crippen LogP contribution in [0.3, 0.4) is 0 Å². The average molecular weight is 373 g/mol. The van der Waals surface area contributed by atoms with Crippen molar-refractivity contribution in [1.82, 2.24) is 20.3 Å². The molecule has 0 spiro atoms. The van der Waals surface area contributed by atoms with Crippen molar-refractivity contribution >= 4 is 20.7 Å². The van der Waals surface area contributed by atoms with Crippen LogP contribution in [-0.2, 0) is 13.3 Å². The van der Waals surface area contributed by atoms with Crippen LogP contribution in [0.15, 0.2) is 0 Å². The lowest BCUT2D eigenvalue weighted by atomic mass is 10.5. The molecule has 0 atom stereocenters. The van der Waals surface area contributed by atoms with Gasteiger partial charge in [-0.1, -0.05) is 0 Å². The van der Waals surface area contributed by atoms with Crippen molar-refractivity contribution in [2.45, 2.75) is 40.2 Å². The number of aryl methyl sites for hydroxylation is 1. The highest BCUT2D eigenvalue weighted by Crippen LogP contribution is 2.18. The Balaban J connectivity index is 2.55. The Kier molecular flexibility index (Phi) is 10.5. The van der Waals surface area contributed by atoms with E-state index in [1.54, 1.807) is 0 Å². The zero-order valence-corrected chi connectivity index (χ0v) is 17.0. The van der Waals surface area contributed by atoms with Gasteiger partial charge in [0, 0.05) is 32.4 Å². The van der Waals surface area contributed by atoms with E-state index in [0.717, 1.165) is 12.5 Å². The summed E-state index contributed by atoms with van der Waals surface area (Å²) >= 11 is 0. The normalized spacial score (nSPS) is 11.6. The molecule has 1 rings (SSSR count). The molecular formula is C15H32N6O3Si. The molecule has 144 valence electrons. The molecule has 10 heteroatoms. The molecule has 0 unspecified atom stereocenters. The Hall–Kier alpha value is -1.33. The van der Waals surface area contributed by atoms with Crippen molar-refractivity contribution in [2.24, 2.45) is 0 Å². The van der Waals surface area contributed by atoms with Gasteiger partial charge in [0.1, 0.15) is 5.82 Å². The topological polar surface area (TPSA) is 102 Å². The second kappa shape index (κ2) is 12.1. The van der Waals surface area contributed by atoms with E-state index < -0.39 is 8.80 Å². The molecule has 0 bridgehead atoms. The van der Waals surface area contributed by atoms with Crippen LogP contribution >= 0.6 is 0 Å². The highest BCUT2D eigenvalue weighted by Gasteiger charge is 2.39. The molecule has 0 saturated heterocycles. The number of hydrogen-bond acceptors (Lipinski definition) is 9. The van der Waals surface area contributed by atoms with Gasteiger partial charge in [-0.3, -0.25) is 0 Å². The van der Waals surface area contributed by atoms with E-state index in [1.165, 1.54) is 0 Å². The van der Waals surface area contributed by atoms with Crippen molar-refractivity contribution in [1.29, 1.82) is 0 Å². The van der Waals surface area contributed by atoms with Crippen molar-refractivity contribution in [3.05, 3.63) is 5.82 Å². The fourth-order valence-corrected chi connectivity index (χ4v) is 4.93. The molecular weight excluding hydrogens is 340 g/mol. The zero-order chi connectivity index (χ0) is 18.5. The van der Waals surface area contributed by atoms with E-state index in [2.05, 4.69) is 30.9 Å². The molecule has 25 heavy (non-hydrogen) atoms. The number of aromatic nitrogens is 3. The summed E-state index contributed by atoms with van der Waals surface area (Å²) in [6.45, 7) is 10.8. The fraction of sp³-hybridized carbons (Fsp3) is 0.800. The lowest BCUT2D eigenvalue weighted by Gasteiger charge is -2.28. The van der Waals surface area contributed by atoms with Crippen molar-refractivity contribution in [3.8, 4) is 0 Å². The Bertz CT molecular complexity index is 477. The van der Waals surface area contributed by atoms with Gasteiger partial charge in [-0.05, 0) is 41.2 Å². The first kappa shape index (κ1) is 21.7. The van der Waals surface area contributed by atoms with Crippen LogP contribution in [0.25, 0.3) is 0 Å². The SMILES string of the molecule is CCO[Si](CCCNc1nc(C)nc(NCNC)n1)(OCC)OCC. The van der Waals surface area contributed by atoms with E-state index in [4.69, 9.17) is 13.3 Å². The lowest BCUT2D eigenvalue weighted by Crippen LogP contribution is -2.46. The molecule has 0 aliphatic rings. The third-order valence-corrected chi connectivity index (χ3v) is 6.36. The first-order valence-electron chi connectivity index (χ1n) is 8.86. The summed E-state index contributed by atoms with van der Waals surface area (Å²) in [5, 5.41) is 9.30. The number of nitrogens with zero attached hydrogens (tertiary/aromatic N) is 3. The van der Waals surface area contributed by atoms with Gasteiger partial charge in [-0.15, -0.1) is 0 Å². The summed E-state index contributed by atoms with van der Waals surface area (Å²) in [7, 11) is -0.734. The van der Waals surface area contributed by atoms with Crippen LogP contribution in [0.1, 0.15) is 33.0 Å². The van der Waals surface area contributed by atoms with Crippen LogP contribution in [-0.4, -0.2) is 63.8 Å². The van der Waals surface area contributed by atoms with Crippen LogP contribution in [0.2, 0.25) is 6.04 Å². The maximum atomic E-state index is 5.85. The molecule has 0 radical (unpaired) electrons. The molecule has 3 N–H and O–H groups in total. The van der Waals surface area contributed by atoms with Gasteiger partial charge in [0.25, 0.3) is 0 Å². The molecule has 0 saturated carbocycles. The van der Waals surface area contributed by atoms with Gasteiger partial charge in [0.05, 0.1) is 6.67 Å². The van der Waals surface area contributed by atoms with Crippen LogP contribution in [0, 0.1) is 6.92 Å². The molecule has 0 aromatic carbocycles. The van der Waals surface area contributed by atoms with Gasteiger partial charge >= 0.3 is 8.80 Å². The quantitative estimate of drug-likeness (QED) is 0.255. The maximum Gasteiger partial charge on any atom is 0.500 e. The van der Waals surface area contributed by atoms with Gasteiger partial charge in [-0.2, -0.15) is 15.0 Å². The number of nitrogens with one attached hydrogen (secondary N) is 3. The molecule has 0 fully saturated rings. The molecule has 0 aliphatic carbocycles. The smallest absolute Gasteiger partial charge is 0.374 e. The van der Waals surface area contributed by atoms with E-state index in [1.807, 2.05) is 34.7 Å². The van der Waals surface area contributed by atoms with Gasteiger partial charge in [0.2, 0.25) is 11.9 Å². The monoisotopic (exact) mass is 372 g/mol. The molecule has 1 aromatic heterocycles. The van der Waals surface area contributed by atoms with Crippen molar-refractivity contribution in [3.63, 3.8) is 0 Å². The minimum absolute atomic E-state index is 0.547. The molecule has 1 heterocycles. The number of anilines is 2. The van der Waals surface area contributed by atoms with Crippen molar-refractivity contribution in [2.75, 3.05) is 50.7 Å². The molecule has 9 nitrogen and oxygen atoms in total. The van der Waals surface area contributed by atoms with Gasteiger partial charge in [0.15, 0.2) is 0 Å². The summed E-state index contributed by atoms with van der Waals surface area (Å²) in [6, 6.07) is 0.754. The predicted molar refractivity (Wildman–Crippen MR) is 101 cm³/mol. The first-order chi connectivity index (χ1) is 12.1. The second-order valence-electron chi connectivity index (χ2n) is 5.25. The second-order valence-corrected chi connectivity index (χ2v) is 7.98. The lowest BCUT2D eigenvalue weighted by molar-refractivity contribution is 0.0710. The summed E-state index contributed by atoms with van der Waals surface area (Å²) < 4.78 is 17.6. The minimum atomic E-state index is -2.59. The summed E-state index contributed by atoms with van der Waals surface area (Å²) in [5.41, 5.74) is 0. The van der Waals surface area contributed by atoms with E-state index >= 15 is 0 Å². The Labute approximate surface area is 151 Å². The molecule has 0 amide bonds. The first-order valence-corrected chi connectivity index (χ1v) is 10.8. The average Bonchev–Trinajstić information content (AvgIpc) is 2.57. The van der Waals surface area contributed by atoms with E-state index in [0.29, 0.717) is 50.8 Å². The summed E-state index contributed by atoms with van der Waals surface area (Å²) in [4.78, 5) is 12.9. The standard InChI is InChI=1S/C15H32N6O3Si/c1-6-22-25(23-7-2,24-8-3)11-9-10-17-14-19-13(4)20-15(21-14)18-12-16-5/h16H,6-12H2,1-5H3,(H2,17,18,19,20,21). The fourth-order valence-electron chi connectivity index (χ4n) is 2.31. The minimum Gasteiger partial charge on any atom is -0.374 e. The summed E-state index contributed by atoms with van der Waals surface area (Å²) in [6.07, 6.45) is 0.843. The van der Waals surface area contributed by atoms with E-state index in [9.17, 15) is 0 Å². The Morgan fingerprint density at radius 1 is 0.880 bits per heavy atom.